The summed E-state index contributed by atoms with van der Waals surface area (Å²) < 4.78 is 0. The van der Waals surface area contributed by atoms with Gasteiger partial charge in [0.15, 0.2) is 0 Å². The number of nitro groups is 6. The molecule has 0 heterocycles. The molecule has 18 nitrogen and oxygen atoms in total. The van der Waals surface area contributed by atoms with Gasteiger partial charge in [-0.15, -0.1) is 0 Å². The van der Waals surface area contributed by atoms with Gasteiger partial charge in [0.25, 0.3) is 0 Å². The van der Waals surface area contributed by atoms with Crippen LogP contribution in [0.15, 0.2) is 0 Å². The van der Waals surface area contributed by atoms with E-state index in [-0.39, 0.29) is 0 Å². The van der Waals surface area contributed by atoms with E-state index in [2.05, 4.69) is 0 Å². The average molecular weight is 348 g/mol. The van der Waals surface area contributed by atoms with Crippen LogP contribution in [0, 0.1) is 60.7 Å². The van der Waals surface area contributed by atoms with E-state index in [1.165, 1.54) is 0 Å². The summed E-state index contributed by atoms with van der Waals surface area (Å²) in [7, 11) is 0. The number of hydrogen-bond acceptors (Lipinski definition) is 12. The molecular weight excluding hydrogens is 348 g/mol. The number of hydrogen-bond donors (Lipinski definition) is 0. The lowest BCUT2D eigenvalue weighted by Gasteiger charge is -2.20. The first-order valence-corrected chi connectivity index (χ1v) is 5.78. The second-order valence-corrected chi connectivity index (χ2v) is 5.81. The second kappa shape index (κ2) is 2.59. The summed E-state index contributed by atoms with van der Waals surface area (Å²) >= 11 is 0. The summed E-state index contributed by atoms with van der Waals surface area (Å²) in [6.07, 6.45) is 0. The molecule has 5 aliphatic carbocycles. The molecule has 5 saturated carbocycles. The van der Waals surface area contributed by atoms with Gasteiger partial charge in [0.05, 0.1) is 29.5 Å². The molecular formula is C6N6O12. The minimum absolute atomic E-state index is 1.72. The highest BCUT2D eigenvalue weighted by atomic mass is 16.7. The Balaban J connectivity index is 2.20. The highest BCUT2D eigenvalue weighted by molar-refractivity contribution is 5.93. The molecule has 0 radical (unpaired) electrons. The Morgan fingerprint density at radius 2 is 0.417 bits per heavy atom. The molecule has 0 amide bonds. The van der Waals surface area contributed by atoms with Crippen LogP contribution in [-0.2, 0) is 0 Å². The number of rotatable bonds is 6. The standard InChI is InChI=1S/C6N6O12/c13-7(14)1-2(8(15)16)3(1,9(17)18)6(12(23)24)4(1,10(19)20)5(2,6)11(21)22. The van der Waals surface area contributed by atoms with E-state index in [1.807, 2.05) is 0 Å². The van der Waals surface area contributed by atoms with Gasteiger partial charge in [0.2, 0.25) is 0 Å². The molecule has 126 valence electrons. The fourth-order valence-electron chi connectivity index (χ4n) is 6.36. The summed E-state index contributed by atoms with van der Waals surface area (Å²) in [5.74, 6) is 0. The van der Waals surface area contributed by atoms with Crippen LogP contribution in [-0.4, -0.2) is 62.8 Å². The van der Waals surface area contributed by atoms with Crippen molar-refractivity contribution >= 4 is 0 Å². The van der Waals surface area contributed by atoms with E-state index < -0.39 is 62.8 Å². The topological polar surface area (TPSA) is 259 Å². The molecule has 5 fully saturated rings. The SMILES string of the molecule is O=[N+]([O-])C12C3([N+](=O)[O-])C1([N+](=O)[O-])C1([N+](=O)[O-])C2([N+](=O)[O-])C31[N+](=O)[O-]. The van der Waals surface area contributed by atoms with Gasteiger partial charge >= 0.3 is 33.2 Å². The minimum Gasteiger partial charge on any atom is -0.263 e. The van der Waals surface area contributed by atoms with Crippen molar-refractivity contribution in [3.8, 4) is 0 Å². The van der Waals surface area contributed by atoms with Gasteiger partial charge in [-0.3, -0.25) is 60.7 Å². The van der Waals surface area contributed by atoms with E-state index in [0.29, 0.717) is 0 Å². The Labute approximate surface area is 124 Å². The molecule has 0 unspecified atom stereocenters. The van der Waals surface area contributed by atoms with Crippen LogP contribution < -0.4 is 0 Å². The average Bonchev–Trinajstić information content (AvgIpc) is 2.90. The quantitative estimate of drug-likeness (QED) is 0.346. The minimum atomic E-state index is -3.64. The lowest BCUT2D eigenvalue weighted by atomic mass is 9.76. The van der Waals surface area contributed by atoms with E-state index in [4.69, 9.17) is 0 Å². The zero-order valence-electron chi connectivity index (χ0n) is 10.6. The Kier molecular flexibility index (Phi) is 1.51. The van der Waals surface area contributed by atoms with Gasteiger partial charge in [-0.25, -0.2) is 0 Å². The van der Waals surface area contributed by atoms with Crippen molar-refractivity contribution in [2.45, 2.75) is 33.2 Å². The van der Waals surface area contributed by atoms with Crippen molar-refractivity contribution in [3.63, 3.8) is 0 Å². The summed E-state index contributed by atoms with van der Waals surface area (Å²) in [4.78, 5) is 57.5. The van der Waals surface area contributed by atoms with Crippen LogP contribution in [0.4, 0.5) is 0 Å². The summed E-state index contributed by atoms with van der Waals surface area (Å²) in [6.45, 7) is 0. The smallest absolute Gasteiger partial charge is 0.263 e. The predicted octanol–water partition coefficient (Wildman–Crippen LogP) is -2.87. The van der Waals surface area contributed by atoms with Gasteiger partial charge < -0.3 is 0 Å². The van der Waals surface area contributed by atoms with Gasteiger partial charge in [0.1, 0.15) is 0 Å². The second-order valence-electron chi connectivity index (χ2n) is 5.81. The van der Waals surface area contributed by atoms with Crippen molar-refractivity contribution in [3.05, 3.63) is 60.7 Å². The van der Waals surface area contributed by atoms with Crippen LogP contribution >= 0.6 is 0 Å². The van der Waals surface area contributed by atoms with Crippen molar-refractivity contribution < 1.29 is 29.5 Å². The molecule has 5 rings (SSSR count). The van der Waals surface area contributed by atoms with E-state index in [0.717, 1.165) is 0 Å². The fourth-order valence-corrected chi connectivity index (χ4v) is 6.36. The van der Waals surface area contributed by atoms with Crippen LogP contribution in [0.3, 0.4) is 0 Å². The first-order chi connectivity index (χ1) is 10.9. The van der Waals surface area contributed by atoms with Gasteiger partial charge in [-0.05, 0) is 0 Å². The van der Waals surface area contributed by atoms with Crippen LogP contribution in [0.25, 0.3) is 0 Å². The molecule has 0 atom stereocenters. The molecule has 0 bridgehead atoms. The highest BCUT2D eigenvalue weighted by Crippen LogP contribution is 3.14. The maximum Gasteiger partial charge on any atom is 0.474 e. The normalized spacial score (nSPS) is 53.5. The van der Waals surface area contributed by atoms with E-state index in [9.17, 15) is 60.7 Å². The first-order valence-electron chi connectivity index (χ1n) is 5.78. The molecule has 5 aliphatic rings. The third kappa shape index (κ3) is 0.465. The van der Waals surface area contributed by atoms with Gasteiger partial charge in [-0.2, -0.15) is 0 Å². The third-order valence-corrected chi connectivity index (χ3v) is 6.23. The van der Waals surface area contributed by atoms with Gasteiger partial charge in [0, 0.05) is 0 Å². The summed E-state index contributed by atoms with van der Waals surface area (Å²) in [5.41, 5.74) is -21.8. The van der Waals surface area contributed by atoms with E-state index in [1.54, 1.807) is 0 Å². The summed E-state index contributed by atoms with van der Waals surface area (Å²) in [6, 6.07) is 0. The Morgan fingerprint density at radius 1 is 0.333 bits per heavy atom. The maximum absolute atomic E-state index is 11.3. The Hall–Kier alpha value is -3.60. The van der Waals surface area contributed by atoms with Crippen molar-refractivity contribution in [2.75, 3.05) is 0 Å². The number of nitrogens with zero attached hydrogens (tertiary/aromatic N) is 6. The third-order valence-electron chi connectivity index (χ3n) is 6.23. The molecule has 0 saturated heterocycles. The van der Waals surface area contributed by atoms with Crippen molar-refractivity contribution in [2.24, 2.45) is 0 Å². The molecule has 0 aromatic rings. The maximum atomic E-state index is 11.3. The van der Waals surface area contributed by atoms with Crippen molar-refractivity contribution in [1.29, 1.82) is 0 Å². The molecule has 0 spiro atoms. The zero-order valence-corrected chi connectivity index (χ0v) is 10.6. The molecule has 0 aromatic carbocycles. The lowest BCUT2D eigenvalue weighted by Crippen LogP contribution is -2.74. The Bertz CT molecular complexity index is 657. The highest BCUT2D eigenvalue weighted by Gasteiger charge is 3.78. The Morgan fingerprint density at radius 3 is 0.458 bits per heavy atom. The molecule has 0 aromatic heterocycles. The summed E-state index contributed by atoms with van der Waals surface area (Å²) in [5, 5.41) is 67.8. The molecule has 0 aliphatic heterocycles. The lowest BCUT2D eigenvalue weighted by molar-refractivity contribution is -0.768. The van der Waals surface area contributed by atoms with Crippen LogP contribution in [0.5, 0.6) is 0 Å². The van der Waals surface area contributed by atoms with Crippen LogP contribution in [0.1, 0.15) is 0 Å². The predicted molar refractivity (Wildman–Crippen MR) is 58.4 cm³/mol. The molecule has 18 heteroatoms. The molecule has 0 N–H and O–H groups in total. The largest absolute Gasteiger partial charge is 0.474 e. The first kappa shape index (κ1) is 14.0. The fraction of sp³-hybridized carbons (Fsp3) is 1.00. The van der Waals surface area contributed by atoms with Crippen molar-refractivity contribution in [1.82, 2.24) is 0 Å². The van der Waals surface area contributed by atoms with E-state index >= 15 is 0 Å². The van der Waals surface area contributed by atoms with Crippen LogP contribution in [0.2, 0.25) is 0 Å². The van der Waals surface area contributed by atoms with Gasteiger partial charge in [-0.1, -0.05) is 0 Å². The monoisotopic (exact) mass is 348 g/mol. The molecule has 24 heavy (non-hydrogen) atoms. The zero-order chi connectivity index (χ0) is 18.5.